The summed E-state index contributed by atoms with van der Waals surface area (Å²) in [6.07, 6.45) is 2.36. The lowest BCUT2D eigenvalue weighted by Gasteiger charge is -2.26. The molecule has 0 heterocycles. The maximum atomic E-state index is 5.24. The first-order chi connectivity index (χ1) is 8.10. The van der Waals surface area contributed by atoms with E-state index in [1.807, 2.05) is 0 Å². The van der Waals surface area contributed by atoms with Crippen LogP contribution in [-0.4, -0.2) is 13.2 Å². The van der Waals surface area contributed by atoms with Crippen molar-refractivity contribution in [3.8, 4) is 0 Å². The average Bonchev–Trinajstić information content (AvgIpc) is 2.30. The van der Waals surface area contributed by atoms with E-state index in [9.17, 15) is 0 Å². The molecule has 1 aromatic rings. The van der Waals surface area contributed by atoms with E-state index in [0.717, 1.165) is 13.0 Å². The van der Waals surface area contributed by atoms with E-state index >= 15 is 0 Å². The molecule has 0 fully saturated rings. The SMILES string of the molecule is CCCc1ccc(C(C)(C)CNCNN)cc1. The summed E-state index contributed by atoms with van der Waals surface area (Å²) in [5, 5.41) is 3.28. The Hall–Kier alpha value is -0.900. The summed E-state index contributed by atoms with van der Waals surface area (Å²) < 4.78 is 0. The minimum absolute atomic E-state index is 0.127. The van der Waals surface area contributed by atoms with Crippen LogP contribution in [0.25, 0.3) is 0 Å². The molecule has 0 spiro atoms. The van der Waals surface area contributed by atoms with Gasteiger partial charge in [0.2, 0.25) is 0 Å². The molecule has 0 unspecified atom stereocenters. The summed E-state index contributed by atoms with van der Waals surface area (Å²) >= 11 is 0. The van der Waals surface area contributed by atoms with E-state index in [0.29, 0.717) is 6.67 Å². The quantitative estimate of drug-likeness (QED) is 0.293. The van der Waals surface area contributed by atoms with E-state index in [1.54, 1.807) is 0 Å². The van der Waals surface area contributed by atoms with Gasteiger partial charge in [-0.15, -0.1) is 0 Å². The van der Waals surface area contributed by atoms with Gasteiger partial charge in [0.25, 0.3) is 0 Å². The third-order valence-electron chi connectivity index (χ3n) is 3.07. The van der Waals surface area contributed by atoms with Crippen LogP contribution < -0.4 is 16.6 Å². The van der Waals surface area contributed by atoms with Crippen LogP contribution in [0.3, 0.4) is 0 Å². The highest BCUT2D eigenvalue weighted by atomic mass is 15.3. The fraction of sp³-hybridized carbons (Fsp3) is 0.571. The molecular formula is C14H25N3. The van der Waals surface area contributed by atoms with Crippen molar-refractivity contribution in [2.75, 3.05) is 13.2 Å². The zero-order valence-corrected chi connectivity index (χ0v) is 11.2. The molecule has 3 heteroatoms. The van der Waals surface area contributed by atoms with Crippen LogP contribution in [0.15, 0.2) is 24.3 Å². The van der Waals surface area contributed by atoms with E-state index in [1.165, 1.54) is 17.5 Å². The van der Waals surface area contributed by atoms with Crippen LogP contribution in [0, 0.1) is 0 Å². The second-order valence-electron chi connectivity index (χ2n) is 5.14. The molecule has 0 aromatic heterocycles. The van der Waals surface area contributed by atoms with Gasteiger partial charge < -0.3 is 5.32 Å². The van der Waals surface area contributed by atoms with Gasteiger partial charge in [-0.2, -0.15) is 0 Å². The molecule has 1 aromatic carbocycles. The molecule has 96 valence electrons. The summed E-state index contributed by atoms with van der Waals surface area (Å²) in [5.74, 6) is 5.24. The van der Waals surface area contributed by atoms with Gasteiger partial charge in [0.15, 0.2) is 0 Å². The lowest BCUT2D eigenvalue weighted by Crippen LogP contribution is -2.40. The number of aryl methyl sites for hydroxylation is 1. The van der Waals surface area contributed by atoms with Crippen LogP contribution in [-0.2, 0) is 11.8 Å². The Bertz CT molecular complexity index is 317. The number of hydrazine groups is 1. The van der Waals surface area contributed by atoms with Gasteiger partial charge in [-0.05, 0) is 17.5 Å². The fourth-order valence-corrected chi connectivity index (χ4v) is 1.96. The van der Waals surface area contributed by atoms with Crippen molar-refractivity contribution < 1.29 is 0 Å². The van der Waals surface area contributed by atoms with Crippen LogP contribution in [0.1, 0.15) is 38.3 Å². The Morgan fingerprint density at radius 2 is 1.82 bits per heavy atom. The molecule has 4 N–H and O–H groups in total. The molecule has 0 amide bonds. The summed E-state index contributed by atoms with van der Waals surface area (Å²) in [4.78, 5) is 0. The predicted octanol–water partition coefficient (Wildman–Crippen LogP) is 1.93. The first kappa shape index (κ1) is 14.2. The highest BCUT2D eigenvalue weighted by Gasteiger charge is 2.19. The molecule has 0 saturated carbocycles. The second-order valence-corrected chi connectivity index (χ2v) is 5.14. The number of nitrogens with one attached hydrogen (secondary N) is 2. The Morgan fingerprint density at radius 1 is 1.18 bits per heavy atom. The molecule has 0 saturated heterocycles. The minimum Gasteiger partial charge on any atom is -0.303 e. The van der Waals surface area contributed by atoms with Gasteiger partial charge in [-0.25, -0.2) is 5.43 Å². The van der Waals surface area contributed by atoms with Gasteiger partial charge in [0.1, 0.15) is 0 Å². The molecular weight excluding hydrogens is 210 g/mol. The molecule has 0 atom stereocenters. The van der Waals surface area contributed by atoms with Crippen LogP contribution in [0.4, 0.5) is 0 Å². The maximum Gasteiger partial charge on any atom is 0.0587 e. The smallest absolute Gasteiger partial charge is 0.0587 e. The standard InChI is InChI=1S/C14H25N3/c1-4-5-12-6-8-13(9-7-12)14(2,3)10-16-11-17-15/h6-9,16-17H,4-5,10-11,15H2,1-3H3. The van der Waals surface area contributed by atoms with Crippen LogP contribution in [0.5, 0.6) is 0 Å². The highest BCUT2D eigenvalue weighted by molar-refractivity contribution is 5.28. The fourth-order valence-electron chi connectivity index (χ4n) is 1.96. The number of benzene rings is 1. The Labute approximate surface area is 105 Å². The average molecular weight is 235 g/mol. The summed E-state index contributed by atoms with van der Waals surface area (Å²) in [6.45, 7) is 8.24. The largest absolute Gasteiger partial charge is 0.303 e. The van der Waals surface area contributed by atoms with Gasteiger partial charge in [0.05, 0.1) is 6.67 Å². The lowest BCUT2D eigenvalue weighted by atomic mass is 9.84. The Morgan fingerprint density at radius 3 is 2.35 bits per heavy atom. The van der Waals surface area contributed by atoms with E-state index in [-0.39, 0.29) is 5.41 Å². The van der Waals surface area contributed by atoms with E-state index < -0.39 is 0 Å². The second kappa shape index (κ2) is 6.74. The molecule has 0 aliphatic carbocycles. The van der Waals surface area contributed by atoms with Crippen molar-refractivity contribution in [3.05, 3.63) is 35.4 Å². The highest BCUT2D eigenvalue weighted by Crippen LogP contribution is 2.22. The van der Waals surface area contributed by atoms with Crippen LogP contribution >= 0.6 is 0 Å². The first-order valence-corrected chi connectivity index (χ1v) is 6.33. The molecule has 1 rings (SSSR count). The van der Waals surface area contributed by atoms with Gasteiger partial charge in [0, 0.05) is 12.0 Å². The third-order valence-corrected chi connectivity index (χ3v) is 3.07. The number of hydrogen-bond acceptors (Lipinski definition) is 3. The molecule has 17 heavy (non-hydrogen) atoms. The zero-order valence-electron chi connectivity index (χ0n) is 11.2. The van der Waals surface area contributed by atoms with E-state index in [4.69, 9.17) is 5.84 Å². The molecule has 0 aliphatic heterocycles. The summed E-state index contributed by atoms with van der Waals surface area (Å²) in [7, 11) is 0. The van der Waals surface area contributed by atoms with Gasteiger partial charge >= 0.3 is 0 Å². The molecule has 0 bridgehead atoms. The van der Waals surface area contributed by atoms with Crippen LogP contribution in [0.2, 0.25) is 0 Å². The van der Waals surface area contributed by atoms with Crippen molar-refractivity contribution in [3.63, 3.8) is 0 Å². The monoisotopic (exact) mass is 235 g/mol. The van der Waals surface area contributed by atoms with Crippen molar-refractivity contribution in [2.45, 2.75) is 39.0 Å². The molecule has 0 radical (unpaired) electrons. The van der Waals surface area contributed by atoms with Crippen molar-refractivity contribution in [1.82, 2.24) is 10.7 Å². The van der Waals surface area contributed by atoms with Crippen molar-refractivity contribution >= 4 is 0 Å². The van der Waals surface area contributed by atoms with Crippen molar-refractivity contribution in [2.24, 2.45) is 5.84 Å². The molecule has 3 nitrogen and oxygen atoms in total. The first-order valence-electron chi connectivity index (χ1n) is 6.33. The summed E-state index contributed by atoms with van der Waals surface area (Å²) in [6, 6.07) is 8.95. The number of rotatable bonds is 7. The zero-order chi connectivity index (χ0) is 12.7. The Kier molecular flexibility index (Phi) is 5.62. The topological polar surface area (TPSA) is 50.1 Å². The summed E-state index contributed by atoms with van der Waals surface area (Å²) in [5.41, 5.74) is 5.52. The van der Waals surface area contributed by atoms with Gasteiger partial charge in [-0.1, -0.05) is 51.5 Å². The number of nitrogens with two attached hydrogens (primary N) is 1. The normalized spacial score (nSPS) is 11.8. The predicted molar refractivity (Wildman–Crippen MR) is 73.7 cm³/mol. The maximum absolute atomic E-state index is 5.24. The third kappa shape index (κ3) is 4.46. The van der Waals surface area contributed by atoms with Crippen molar-refractivity contribution in [1.29, 1.82) is 0 Å². The number of hydrogen-bond donors (Lipinski definition) is 3. The molecule has 0 aliphatic rings. The lowest BCUT2D eigenvalue weighted by molar-refractivity contribution is 0.454. The Balaban J connectivity index is 2.63. The minimum atomic E-state index is 0.127. The van der Waals surface area contributed by atoms with E-state index in [2.05, 4.69) is 55.8 Å². The van der Waals surface area contributed by atoms with Gasteiger partial charge in [-0.3, -0.25) is 5.84 Å².